The van der Waals surface area contributed by atoms with Crippen LogP contribution < -0.4 is 15.4 Å². The molecular weight excluding hydrogens is 456 g/mol. The van der Waals surface area contributed by atoms with Gasteiger partial charge in [0.05, 0.1) is 32.5 Å². The lowest BCUT2D eigenvalue weighted by Crippen LogP contribution is -2.50. The third kappa shape index (κ3) is 8.08. The van der Waals surface area contributed by atoms with Gasteiger partial charge in [-0.25, -0.2) is 4.79 Å². The summed E-state index contributed by atoms with van der Waals surface area (Å²) in [5.74, 6) is 1.03. The zero-order valence-corrected chi connectivity index (χ0v) is 21.8. The number of fused-ring (bicyclic) bond motifs is 1. The molecule has 1 aliphatic rings. The van der Waals surface area contributed by atoms with E-state index in [2.05, 4.69) is 23.3 Å². The van der Waals surface area contributed by atoms with E-state index in [0.29, 0.717) is 26.2 Å². The van der Waals surface area contributed by atoms with E-state index in [1.165, 1.54) is 5.56 Å². The second kappa shape index (κ2) is 12.9. The van der Waals surface area contributed by atoms with Crippen LogP contribution in [-0.2, 0) is 15.9 Å². The van der Waals surface area contributed by atoms with Gasteiger partial charge in [0.1, 0.15) is 11.4 Å². The summed E-state index contributed by atoms with van der Waals surface area (Å²) in [5, 5.41) is 17.6. The number of carbonyl (C=O) groups excluding carboxylic acids is 1. The minimum Gasteiger partial charge on any atom is -0.497 e. The van der Waals surface area contributed by atoms with Crippen molar-refractivity contribution in [3.05, 3.63) is 77.9 Å². The number of hydrogen-bond acceptors (Lipinski definition) is 6. The Morgan fingerprint density at radius 2 is 1.94 bits per heavy atom. The molecule has 0 saturated carbocycles. The molecule has 0 heterocycles. The first kappa shape index (κ1) is 27.7. The number of aliphatic hydroxyl groups is 1. The van der Waals surface area contributed by atoms with Crippen molar-refractivity contribution in [3.8, 4) is 5.75 Å². The molecule has 1 aliphatic carbocycles. The van der Waals surface area contributed by atoms with Gasteiger partial charge < -0.3 is 30.0 Å². The van der Waals surface area contributed by atoms with Crippen LogP contribution in [0.2, 0.25) is 0 Å². The van der Waals surface area contributed by atoms with E-state index >= 15 is 0 Å². The topological polar surface area (TPSA) is 89.1 Å². The highest BCUT2D eigenvalue weighted by Gasteiger charge is 2.33. The number of amides is 1. The zero-order chi connectivity index (χ0) is 26.1. The maximum atomic E-state index is 12.5. The summed E-state index contributed by atoms with van der Waals surface area (Å²) < 4.78 is 16.7. The van der Waals surface area contributed by atoms with Gasteiger partial charge in [0.15, 0.2) is 0 Å². The second-order valence-electron chi connectivity index (χ2n) is 10.2. The number of hydrogen-bond donors (Lipinski definition) is 3. The molecule has 0 bridgehead atoms. The molecule has 0 spiro atoms. The minimum absolute atomic E-state index is 0.0287. The fourth-order valence-corrected chi connectivity index (χ4v) is 4.55. The van der Waals surface area contributed by atoms with Crippen molar-refractivity contribution in [2.24, 2.45) is 0 Å². The average Bonchev–Trinajstić information content (AvgIpc) is 3.18. The van der Waals surface area contributed by atoms with E-state index in [-0.39, 0.29) is 12.0 Å². The number of alkyl carbamates (subject to hydrolysis) is 1. The average molecular weight is 497 g/mol. The molecule has 3 rings (SSSR count). The summed E-state index contributed by atoms with van der Waals surface area (Å²) >= 11 is 0. The van der Waals surface area contributed by atoms with Crippen LogP contribution in [-0.4, -0.2) is 55.8 Å². The number of benzene rings is 2. The van der Waals surface area contributed by atoms with E-state index in [1.807, 2.05) is 63.2 Å². The zero-order valence-electron chi connectivity index (χ0n) is 21.8. The van der Waals surface area contributed by atoms with E-state index < -0.39 is 23.8 Å². The van der Waals surface area contributed by atoms with Gasteiger partial charge in [-0.15, -0.1) is 6.58 Å². The third-order valence-corrected chi connectivity index (χ3v) is 6.22. The van der Waals surface area contributed by atoms with Crippen LogP contribution in [0, 0.1) is 0 Å². The number of aliphatic hydroxyl groups excluding tert-OH is 1. The quantitative estimate of drug-likeness (QED) is 0.296. The van der Waals surface area contributed by atoms with Crippen molar-refractivity contribution in [3.63, 3.8) is 0 Å². The smallest absolute Gasteiger partial charge is 0.407 e. The highest BCUT2D eigenvalue weighted by molar-refractivity contribution is 5.68. The van der Waals surface area contributed by atoms with Gasteiger partial charge >= 0.3 is 6.09 Å². The van der Waals surface area contributed by atoms with Crippen molar-refractivity contribution in [2.75, 3.05) is 26.9 Å². The molecule has 0 aliphatic heterocycles. The molecule has 4 atom stereocenters. The van der Waals surface area contributed by atoms with Gasteiger partial charge in [0, 0.05) is 18.5 Å². The summed E-state index contributed by atoms with van der Waals surface area (Å²) in [6.07, 6.45) is 1.70. The summed E-state index contributed by atoms with van der Waals surface area (Å²) in [6.45, 7) is 10.6. The van der Waals surface area contributed by atoms with E-state index in [4.69, 9.17) is 14.2 Å². The van der Waals surface area contributed by atoms with Gasteiger partial charge in [0.2, 0.25) is 0 Å². The first-order valence-electron chi connectivity index (χ1n) is 12.5. The Morgan fingerprint density at radius 3 is 2.61 bits per heavy atom. The van der Waals surface area contributed by atoms with Crippen LogP contribution >= 0.6 is 0 Å². The van der Waals surface area contributed by atoms with Crippen LogP contribution in [0.4, 0.5) is 4.79 Å². The molecule has 2 aromatic carbocycles. The lowest BCUT2D eigenvalue weighted by Gasteiger charge is -2.28. The third-order valence-electron chi connectivity index (χ3n) is 6.22. The second-order valence-corrected chi connectivity index (χ2v) is 10.2. The highest BCUT2D eigenvalue weighted by Crippen LogP contribution is 2.42. The molecule has 1 amide bonds. The number of rotatable bonds is 12. The predicted octanol–water partition coefficient (Wildman–Crippen LogP) is 4.51. The van der Waals surface area contributed by atoms with Gasteiger partial charge in [-0.2, -0.15) is 0 Å². The minimum atomic E-state index is -0.831. The monoisotopic (exact) mass is 496 g/mol. The van der Waals surface area contributed by atoms with Crippen molar-refractivity contribution < 1.29 is 24.1 Å². The molecule has 7 nitrogen and oxygen atoms in total. The number of carbonyl (C=O) groups is 1. The standard InChI is InChI=1S/C29H40N2O5/c1-6-14-35-19-21-16-25(24-17-22(34-5)12-13-23(21)24)30-18-27(32)26(15-20-10-8-7-9-11-20)31-28(33)36-29(2,3)4/h6-13,17,21,25-27,30,32H,1,14-16,18-19H2,2-5H3,(H,31,33)/t21-,25-,26-,27+/m0/s1. The van der Waals surface area contributed by atoms with Gasteiger partial charge in [-0.3, -0.25) is 0 Å². The largest absolute Gasteiger partial charge is 0.497 e. The van der Waals surface area contributed by atoms with Crippen molar-refractivity contribution in [1.29, 1.82) is 0 Å². The fourth-order valence-electron chi connectivity index (χ4n) is 4.55. The molecule has 0 aromatic heterocycles. The Kier molecular flexibility index (Phi) is 9.93. The van der Waals surface area contributed by atoms with E-state index in [1.54, 1.807) is 13.2 Å². The lowest BCUT2D eigenvalue weighted by atomic mass is 10.0. The maximum Gasteiger partial charge on any atom is 0.407 e. The molecule has 36 heavy (non-hydrogen) atoms. The summed E-state index contributed by atoms with van der Waals surface area (Å²) in [4.78, 5) is 12.5. The summed E-state index contributed by atoms with van der Waals surface area (Å²) in [7, 11) is 1.66. The normalized spacial score (nSPS) is 18.7. The van der Waals surface area contributed by atoms with Crippen LogP contribution in [0.25, 0.3) is 0 Å². The molecule has 3 N–H and O–H groups in total. The summed E-state index contributed by atoms with van der Waals surface area (Å²) in [6, 6.07) is 15.4. The highest BCUT2D eigenvalue weighted by atomic mass is 16.6. The Morgan fingerprint density at radius 1 is 1.19 bits per heavy atom. The molecule has 0 unspecified atom stereocenters. The van der Waals surface area contributed by atoms with Crippen molar-refractivity contribution in [1.82, 2.24) is 10.6 Å². The van der Waals surface area contributed by atoms with Crippen LogP contribution in [0.3, 0.4) is 0 Å². The van der Waals surface area contributed by atoms with Crippen LogP contribution in [0.5, 0.6) is 5.75 Å². The van der Waals surface area contributed by atoms with Crippen molar-refractivity contribution in [2.45, 2.75) is 63.3 Å². The van der Waals surface area contributed by atoms with E-state index in [9.17, 15) is 9.90 Å². The van der Waals surface area contributed by atoms with Crippen molar-refractivity contribution >= 4 is 6.09 Å². The van der Waals surface area contributed by atoms with E-state index in [0.717, 1.165) is 23.3 Å². The maximum absolute atomic E-state index is 12.5. The first-order valence-corrected chi connectivity index (χ1v) is 12.5. The first-order chi connectivity index (χ1) is 17.2. The SMILES string of the molecule is C=CCOC[C@@H]1C[C@H](NC[C@@H](O)[C@H](Cc2ccccc2)NC(=O)OC(C)(C)C)c2cc(OC)ccc21. The molecule has 7 heteroatoms. The predicted molar refractivity (Wildman–Crippen MR) is 141 cm³/mol. The Bertz CT molecular complexity index is 989. The molecular formula is C29H40N2O5. The van der Waals surface area contributed by atoms with Gasteiger partial charge in [-0.1, -0.05) is 42.5 Å². The van der Waals surface area contributed by atoms with Crippen LogP contribution in [0.15, 0.2) is 61.2 Å². The summed E-state index contributed by atoms with van der Waals surface area (Å²) in [5.41, 5.74) is 2.76. The Labute approximate surface area is 214 Å². The molecule has 0 saturated heterocycles. The lowest BCUT2D eigenvalue weighted by molar-refractivity contribution is 0.0419. The molecule has 196 valence electrons. The Hall–Kier alpha value is -2.87. The number of ether oxygens (including phenoxy) is 3. The van der Waals surface area contributed by atoms with Gasteiger partial charge in [0.25, 0.3) is 0 Å². The Balaban J connectivity index is 1.70. The molecule has 2 aromatic rings. The number of nitrogens with one attached hydrogen (secondary N) is 2. The molecule has 0 fully saturated rings. The van der Waals surface area contributed by atoms with Crippen LogP contribution in [0.1, 0.15) is 55.8 Å². The number of methoxy groups -OCH3 is 1. The van der Waals surface area contributed by atoms with Gasteiger partial charge in [-0.05, 0) is 62.4 Å². The fraction of sp³-hybridized carbons (Fsp3) is 0.483. The molecule has 0 radical (unpaired) electrons.